The number of anilines is 1. The Hall–Kier alpha value is -1.81. The third-order valence-corrected chi connectivity index (χ3v) is 3.74. The van der Waals surface area contributed by atoms with Gasteiger partial charge in [-0.3, -0.25) is 4.79 Å². The lowest BCUT2D eigenvalue weighted by Gasteiger charge is -2.19. The highest BCUT2D eigenvalue weighted by Crippen LogP contribution is 2.29. The minimum atomic E-state index is -0.407. The number of thiophene rings is 1. The quantitative estimate of drug-likeness (QED) is 0.605. The number of rotatable bonds is 6. The van der Waals surface area contributed by atoms with Crippen molar-refractivity contribution in [3.05, 3.63) is 41.1 Å². The number of carbonyl (C=O) groups excluding carboxylic acids is 1. The molecular formula is C18H23NO2S. The van der Waals surface area contributed by atoms with Gasteiger partial charge in [0.1, 0.15) is 5.60 Å². The molecule has 1 N–H and O–H groups in total. The smallest absolute Gasteiger partial charge is 0.306 e. The van der Waals surface area contributed by atoms with Crippen LogP contribution in [0.15, 0.2) is 41.1 Å². The number of benzene rings is 1. The van der Waals surface area contributed by atoms with Gasteiger partial charge in [-0.25, -0.2) is 0 Å². The van der Waals surface area contributed by atoms with E-state index in [4.69, 9.17) is 4.74 Å². The second-order valence-corrected chi connectivity index (χ2v) is 6.95. The van der Waals surface area contributed by atoms with Gasteiger partial charge in [0, 0.05) is 24.2 Å². The summed E-state index contributed by atoms with van der Waals surface area (Å²) < 4.78 is 5.31. The van der Waals surface area contributed by atoms with Crippen molar-refractivity contribution >= 4 is 23.0 Å². The van der Waals surface area contributed by atoms with Gasteiger partial charge in [-0.1, -0.05) is 18.2 Å². The van der Waals surface area contributed by atoms with Crippen LogP contribution in [0.2, 0.25) is 0 Å². The molecule has 0 spiro atoms. The Labute approximate surface area is 136 Å². The van der Waals surface area contributed by atoms with Gasteiger partial charge >= 0.3 is 5.97 Å². The number of hydrogen-bond acceptors (Lipinski definition) is 4. The molecule has 0 bridgehead atoms. The third-order valence-electron chi connectivity index (χ3n) is 3.05. The molecule has 0 unspecified atom stereocenters. The Balaban J connectivity index is 1.84. The molecule has 0 saturated carbocycles. The first-order valence-electron chi connectivity index (χ1n) is 7.53. The number of para-hydroxylation sites is 1. The molecule has 0 fully saturated rings. The van der Waals surface area contributed by atoms with Crippen LogP contribution in [0.4, 0.5) is 5.69 Å². The number of ether oxygens (including phenoxy) is 1. The van der Waals surface area contributed by atoms with Crippen LogP contribution >= 0.6 is 11.3 Å². The van der Waals surface area contributed by atoms with Gasteiger partial charge in [-0.05, 0) is 55.6 Å². The Morgan fingerprint density at radius 1 is 1.23 bits per heavy atom. The first kappa shape index (κ1) is 16.6. The highest BCUT2D eigenvalue weighted by Gasteiger charge is 2.15. The maximum Gasteiger partial charge on any atom is 0.306 e. The zero-order valence-electron chi connectivity index (χ0n) is 13.4. The van der Waals surface area contributed by atoms with E-state index in [0.29, 0.717) is 6.42 Å². The molecule has 22 heavy (non-hydrogen) atoms. The third kappa shape index (κ3) is 5.19. The van der Waals surface area contributed by atoms with Crippen LogP contribution in [0.5, 0.6) is 0 Å². The number of hydrogen-bond donors (Lipinski definition) is 1. The summed E-state index contributed by atoms with van der Waals surface area (Å²) in [6.07, 6.45) is 1.19. The SMILES string of the molecule is CC(C)(C)OC(=O)CCCNc1ccccc1-c1ccsc1. The molecule has 0 saturated heterocycles. The lowest BCUT2D eigenvalue weighted by molar-refractivity contribution is -0.154. The molecule has 4 heteroatoms. The van der Waals surface area contributed by atoms with Gasteiger partial charge in [-0.15, -0.1) is 0 Å². The first-order valence-corrected chi connectivity index (χ1v) is 8.47. The monoisotopic (exact) mass is 317 g/mol. The molecule has 3 nitrogen and oxygen atoms in total. The molecule has 1 aromatic carbocycles. The molecule has 1 aromatic heterocycles. The van der Waals surface area contributed by atoms with E-state index in [1.165, 1.54) is 11.1 Å². The van der Waals surface area contributed by atoms with Crippen molar-refractivity contribution in [1.82, 2.24) is 0 Å². The average Bonchev–Trinajstić information content (AvgIpc) is 2.96. The first-order chi connectivity index (χ1) is 10.5. The minimum Gasteiger partial charge on any atom is -0.460 e. The van der Waals surface area contributed by atoms with E-state index in [0.717, 1.165) is 18.7 Å². The van der Waals surface area contributed by atoms with Crippen molar-refractivity contribution in [2.24, 2.45) is 0 Å². The van der Waals surface area contributed by atoms with Crippen molar-refractivity contribution in [1.29, 1.82) is 0 Å². The maximum absolute atomic E-state index is 11.7. The minimum absolute atomic E-state index is 0.139. The Morgan fingerprint density at radius 2 is 2.00 bits per heavy atom. The fourth-order valence-corrected chi connectivity index (χ4v) is 2.81. The van der Waals surface area contributed by atoms with Gasteiger partial charge < -0.3 is 10.1 Å². The maximum atomic E-state index is 11.7. The lowest BCUT2D eigenvalue weighted by atomic mass is 10.1. The largest absolute Gasteiger partial charge is 0.460 e. The summed E-state index contributed by atoms with van der Waals surface area (Å²) in [4.78, 5) is 11.7. The molecule has 0 amide bonds. The summed E-state index contributed by atoms with van der Waals surface area (Å²) in [5.74, 6) is -0.139. The second-order valence-electron chi connectivity index (χ2n) is 6.17. The average molecular weight is 317 g/mol. The molecule has 2 aromatic rings. The summed E-state index contributed by atoms with van der Waals surface area (Å²) in [6.45, 7) is 6.42. The van der Waals surface area contributed by atoms with Crippen LogP contribution in [-0.2, 0) is 9.53 Å². The van der Waals surface area contributed by atoms with Crippen molar-refractivity contribution < 1.29 is 9.53 Å². The van der Waals surface area contributed by atoms with E-state index in [2.05, 4.69) is 34.3 Å². The predicted molar refractivity (Wildman–Crippen MR) is 93.3 cm³/mol. The van der Waals surface area contributed by atoms with Crippen molar-refractivity contribution in [3.63, 3.8) is 0 Å². The van der Waals surface area contributed by atoms with Gasteiger partial charge in [0.2, 0.25) is 0 Å². The highest BCUT2D eigenvalue weighted by molar-refractivity contribution is 7.08. The van der Waals surface area contributed by atoms with E-state index in [1.54, 1.807) is 11.3 Å². The Kier molecular flexibility index (Phi) is 5.61. The zero-order chi connectivity index (χ0) is 16.0. The van der Waals surface area contributed by atoms with Crippen molar-refractivity contribution in [3.8, 4) is 11.1 Å². The van der Waals surface area contributed by atoms with Crippen LogP contribution in [-0.4, -0.2) is 18.1 Å². The fraction of sp³-hybridized carbons (Fsp3) is 0.389. The van der Waals surface area contributed by atoms with Crippen LogP contribution in [0.1, 0.15) is 33.6 Å². The van der Waals surface area contributed by atoms with E-state index in [1.807, 2.05) is 32.9 Å². The van der Waals surface area contributed by atoms with Crippen molar-refractivity contribution in [2.45, 2.75) is 39.2 Å². The van der Waals surface area contributed by atoms with Crippen LogP contribution in [0, 0.1) is 0 Å². The van der Waals surface area contributed by atoms with Crippen LogP contribution in [0.3, 0.4) is 0 Å². The molecular weight excluding hydrogens is 294 g/mol. The summed E-state index contributed by atoms with van der Waals surface area (Å²) in [6, 6.07) is 10.4. The van der Waals surface area contributed by atoms with Crippen LogP contribution in [0.25, 0.3) is 11.1 Å². The number of esters is 1. The van der Waals surface area contributed by atoms with E-state index in [-0.39, 0.29) is 5.97 Å². The number of carbonyl (C=O) groups is 1. The van der Waals surface area contributed by atoms with Gasteiger partial charge in [0.05, 0.1) is 0 Å². The molecule has 0 radical (unpaired) electrons. The summed E-state index contributed by atoms with van der Waals surface area (Å²) in [5.41, 5.74) is 3.11. The van der Waals surface area contributed by atoms with Gasteiger partial charge in [0.15, 0.2) is 0 Å². The number of nitrogens with one attached hydrogen (secondary N) is 1. The van der Waals surface area contributed by atoms with E-state index >= 15 is 0 Å². The molecule has 0 aliphatic rings. The van der Waals surface area contributed by atoms with Crippen LogP contribution < -0.4 is 5.32 Å². The highest BCUT2D eigenvalue weighted by atomic mass is 32.1. The predicted octanol–water partition coefficient (Wildman–Crippen LogP) is 4.95. The second kappa shape index (κ2) is 7.45. The van der Waals surface area contributed by atoms with Gasteiger partial charge in [-0.2, -0.15) is 11.3 Å². The molecule has 0 atom stereocenters. The molecule has 0 aliphatic carbocycles. The van der Waals surface area contributed by atoms with E-state index in [9.17, 15) is 4.79 Å². The van der Waals surface area contributed by atoms with E-state index < -0.39 is 5.60 Å². The molecule has 0 aliphatic heterocycles. The Morgan fingerprint density at radius 3 is 2.68 bits per heavy atom. The Bertz CT molecular complexity index is 600. The summed E-state index contributed by atoms with van der Waals surface area (Å²) >= 11 is 1.69. The molecule has 1 heterocycles. The standard InChI is InChI=1S/C18H23NO2S/c1-18(2,3)21-17(20)9-6-11-19-16-8-5-4-7-15(16)14-10-12-22-13-14/h4-5,7-8,10,12-13,19H,6,9,11H2,1-3H3. The van der Waals surface area contributed by atoms with Gasteiger partial charge in [0.25, 0.3) is 0 Å². The lowest BCUT2D eigenvalue weighted by Crippen LogP contribution is -2.24. The topological polar surface area (TPSA) is 38.3 Å². The molecule has 2 rings (SSSR count). The van der Waals surface area contributed by atoms with Crippen molar-refractivity contribution in [2.75, 3.05) is 11.9 Å². The fourth-order valence-electron chi connectivity index (χ4n) is 2.16. The summed E-state index contributed by atoms with van der Waals surface area (Å²) in [5, 5.41) is 7.63. The molecule has 118 valence electrons. The normalized spacial score (nSPS) is 11.2. The zero-order valence-corrected chi connectivity index (χ0v) is 14.2. The summed E-state index contributed by atoms with van der Waals surface area (Å²) in [7, 11) is 0.